The number of aliphatic hydroxyl groups excluding tert-OH is 1. The van der Waals surface area contributed by atoms with Gasteiger partial charge in [-0.1, -0.05) is 37.0 Å². The monoisotopic (exact) mass is 297 g/mol. The largest absolute Gasteiger partial charge is 0.384 e. The molecule has 0 amide bonds. The third kappa shape index (κ3) is 3.12. The Balaban J connectivity index is 1.87. The molecule has 1 aromatic carbocycles. The molecule has 1 N–H and O–H groups in total. The summed E-state index contributed by atoms with van der Waals surface area (Å²) in [6, 6.07) is 10.7. The Labute approximate surface area is 130 Å². The van der Waals surface area contributed by atoms with E-state index < -0.39 is 0 Å². The van der Waals surface area contributed by atoms with Crippen LogP contribution in [0.25, 0.3) is 0 Å². The van der Waals surface area contributed by atoms with Crippen molar-refractivity contribution in [1.29, 1.82) is 0 Å². The first-order chi connectivity index (χ1) is 10.3. The molecule has 1 atom stereocenters. The van der Waals surface area contributed by atoms with Crippen LogP contribution in [-0.2, 0) is 13.0 Å². The van der Waals surface area contributed by atoms with Gasteiger partial charge < -0.3 is 10.0 Å². The van der Waals surface area contributed by atoms with Gasteiger partial charge in [-0.15, -0.1) is 11.3 Å². The van der Waals surface area contributed by atoms with Crippen LogP contribution in [0.1, 0.15) is 22.9 Å². The van der Waals surface area contributed by atoms with Gasteiger partial charge in [0.25, 0.3) is 0 Å². The second-order valence-electron chi connectivity index (χ2n) is 5.54. The molecule has 2 heterocycles. The van der Waals surface area contributed by atoms with Crippen molar-refractivity contribution in [1.82, 2.24) is 0 Å². The summed E-state index contributed by atoms with van der Waals surface area (Å²) in [4.78, 5) is 3.74. The molecule has 1 aromatic heterocycles. The first-order valence-electron chi connectivity index (χ1n) is 7.27. The molecule has 0 bridgehead atoms. The van der Waals surface area contributed by atoms with Gasteiger partial charge in [-0.3, -0.25) is 0 Å². The van der Waals surface area contributed by atoms with Gasteiger partial charge >= 0.3 is 0 Å². The van der Waals surface area contributed by atoms with Crippen LogP contribution >= 0.6 is 11.3 Å². The summed E-state index contributed by atoms with van der Waals surface area (Å²) in [5.41, 5.74) is 3.84. The summed E-state index contributed by atoms with van der Waals surface area (Å²) < 4.78 is 0. The zero-order chi connectivity index (χ0) is 14.7. The highest BCUT2D eigenvalue weighted by Gasteiger charge is 2.22. The lowest BCUT2D eigenvalue weighted by Gasteiger charge is -2.34. The number of benzene rings is 1. The Hall–Kier alpha value is -1.76. The topological polar surface area (TPSA) is 23.5 Å². The number of fused-ring (bicyclic) bond motifs is 1. The van der Waals surface area contributed by atoms with E-state index >= 15 is 0 Å². The molecule has 0 fully saturated rings. The molecule has 1 aliphatic rings. The average Bonchev–Trinajstić information content (AvgIpc) is 2.92. The molecule has 2 nitrogen and oxygen atoms in total. The van der Waals surface area contributed by atoms with E-state index in [4.69, 9.17) is 5.11 Å². The number of hydrogen-bond donors (Lipinski definition) is 1. The Bertz CT molecular complexity index is 680. The van der Waals surface area contributed by atoms with Crippen molar-refractivity contribution in [2.45, 2.75) is 19.9 Å². The molecule has 0 aliphatic carbocycles. The van der Waals surface area contributed by atoms with E-state index in [0.29, 0.717) is 5.92 Å². The molecule has 1 unspecified atom stereocenters. The van der Waals surface area contributed by atoms with E-state index in [2.05, 4.69) is 53.3 Å². The maximum atomic E-state index is 8.86. The van der Waals surface area contributed by atoms with Gasteiger partial charge in [0.1, 0.15) is 6.61 Å². The van der Waals surface area contributed by atoms with Gasteiger partial charge in [-0.05, 0) is 35.4 Å². The van der Waals surface area contributed by atoms with E-state index in [0.717, 1.165) is 25.1 Å². The van der Waals surface area contributed by atoms with Crippen molar-refractivity contribution < 1.29 is 5.11 Å². The molecule has 0 saturated heterocycles. The lowest BCUT2D eigenvalue weighted by Crippen LogP contribution is -2.33. The van der Waals surface area contributed by atoms with Crippen molar-refractivity contribution in [3.8, 4) is 11.8 Å². The van der Waals surface area contributed by atoms with Gasteiger partial charge in [0, 0.05) is 22.7 Å². The summed E-state index contributed by atoms with van der Waals surface area (Å²) in [7, 11) is 0. The Morgan fingerprint density at radius 3 is 3.05 bits per heavy atom. The average molecular weight is 297 g/mol. The van der Waals surface area contributed by atoms with Crippen LogP contribution < -0.4 is 4.90 Å². The third-order valence-electron chi connectivity index (χ3n) is 3.81. The molecule has 108 valence electrons. The van der Waals surface area contributed by atoms with E-state index in [9.17, 15) is 0 Å². The lowest BCUT2D eigenvalue weighted by atomic mass is 9.94. The molecular formula is C18H19NOS. The quantitative estimate of drug-likeness (QED) is 0.860. The van der Waals surface area contributed by atoms with Gasteiger partial charge in [0.05, 0.1) is 6.54 Å². The first kappa shape index (κ1) is 14.2. The molecule has 0 radical (unpaired) electrons. The van der Waals surface area contributed by atoms with Crippen molar-refractivity contribution >= 4 is 17.0 Å². The summed E-state index contributed by atoms with van der Waals surface area (Å²) in [6.45, 7) is 4.21. The lowest BCUT2D eigenvalue weighted by molar-refractivity contribution is 0.350. The molecule has 3 heteroatoms. The summed E-state index contributed by atoms with van der Waals surface area (Å²) in [5.74, 6) is 6.47. The fraction of sp³-hybridized carbons (Fsp3) is 0.333. The maximum absolute atomic E-state index is 8.86. The normalized spacial score (nSPS) is 17.0. The number of rotatable bonds is 2. The van der Waals surface area contributed by atoms with E-state index in [1.54, 1.807) is 11.3 Å². The minimum atomic E-state index is -0.0845. The van der Waals surface area contributed by atoms with Crippen LogP contribution in [0.4, 0.5) is 5.69 Å². The van der Waals surface area contributed by atoms with Gasteiger partial charge in [0.2, 0.25) is 0 Å². The third-order valence-corrected chi connectivity index (χ3v) is 4.72. The Morgan fingerprint density at radius 1 is 1.33 bits per heavy atom. The van der Waals surface area contributed by atoms with Gasteiger partial charge in [-0.25, -0.2) is 0 Å². The fourth-order valence-electron chi connectivity index (χ4n) is 2.94. The van der Waals surface area contributed by atoms with Gasteiger partial charge in [-0.2, -0.15) is 0 Å². The zero-order valence-electron chi connectivity index (χ0n) is 12.2. The summed E-state index contributed by atoms with van der Waals surface area (Å²) in [6.07, 6.45) is 1.16. The maximum Gasteiger partial charge on any atom is 0.104 e. The van der Waals surface area contributed by atoms with E-state index in [1.807, 2.05) is 6.07 Å². The second kappa shape index (κ2) is 6.34. The SMILES string of the molecule is CC1Cc2ccccc2N(Cc2sccc2C#CCO)C1. The Kier molecular flexibility index (Phi) is 4.28. The molecule has 2 aromatic rings. The standard InChI is InChI=1S/C18H19NOS/c1-14-11-16-5-2-3-7-17(16)19(12-14)13-18-15(6-4-9-20)8-10-21-18/h2-3,5,7-8,10,14,20H,9,11-13H2,1H3. The van der Waals surface area contributed by atoms with E-state index in [1.165, 1.54) is 16.1 Å². The Morgan fingerprint density at radius 2 is 2.19 bits per heavy atom. The minimum Gasteiger partial charge on any atom is -0.384 e. The van der Waals surface area contributed by atoms with Crippen LogP contribution in [-0.4, -0.2) is 18.3 Å². The highest BCUT2D eigenvalue weighted by molar-refractivity contribution is 7.10. The predicted molar refractivity (Wildman–Crippen MR) is 88.6 cm³/mol. The van der Waals surface area contributed by atoms with Crippen LogP contribution in [0.5, 0.6) is 0 Å². The molecule has 0 saturated carbocycles. The number of para-hydroxylation sites is 1. The zero-order valence-corrected chi connectivity index (χ0v) is 13.0. The fourth-order valence-corrected chi connectivity index (χ4v) is 3.78. The molecule has 1 aliphatic heterocycles. The highest BCUT2D eigenvalue weighted by Crippen LogP contribution is 2.31. The number of aliphatic hydroxyl groups is 1. The summed E-state index contributed by atoms with van der Waals surface area (Å²) >= 11 is 1.74. The van der Waals surface area contributed by atoms with Gasteiger partial charge in [0.15, 0.2) is 0 Å². The van der Waals surface area contributed by atoms with Crippen molar-refractivity contribution in [3.63, 3.8) is 0 Å². The number of hydrogen-bond acceptors (Lipinski definition) is 3. The minimum absolute atomic E-state index is 0.0845. The van der Waals surface area contributed by atoms with E-state index in [-0.39, 0.29) is 6.61 Å². The van der Waals surface area contributed by atoms with Crippen LogP contribution in [0.2, 0.25) is 0 Å². The number of anilines is 1. The molecular weight excluding hydrogens is 278 g/mol. The number of nitrogens with zero attached hydrogens (tertiary/aromatic N) is 1. The highest BCUT2D eigenvalue weighted by atomic mass is 32.1. The smallest absolute Gasteiger partial charge is 0.104 e. The first-order valence-corrected chi connectivity index (χ1v) is 8.15. The van der Waals surface area contributed by atoms with Crippen LogP contribution in [0.3, 0.4) is 0 Å². The van der Waals surface area contributed by atoms with Crippen LogP contribution in [0, 0.1) is 17.8 Å². The molecule has 0 spiro atoms. The van der Waals surface area contributed by atoms with Crippen LogP contribution in [0.15, 0.2) is 35.7 Å². The summed E-state index contributed by atoms with van der Waals surface area (Å²) in [5, 5.41) is 10.9. The number of thiophene rings is 1. The predicted octanol–water partition coefficient (Wildman–Crippen LogP) is 3.29. The molecule has 21 heavy (non-hydrogen) atoms. The second-order valence-corrected chi connectivity index (χ2v) is 6.54. The van der Waals surface area contributed by atoms with Crippen molar-refractivity contribution in [3.05, 3.63) is 51.7 Å². The van der Waals surface area contributed by atoms with Crippen molar-refractivity contribution in [2.24, 2.45) is 5.92 Å². The van der Waals surface area contributed by atoms with Crippen molar-refractivity contribution in [2.75, 3.05) is 18.1 Å². The molecule has 3 rings (SSSR count).